The van der Waals surface area contributed by atoms with Gasteiger partial charge >= 0.3 is 12.1 Å². The number of hydrogen-bond acceptors (Lipinski definition) is 5. The molecule has 0 fully saturated rings. The van der Waals surface area contributed by atoms with E-state index in [4.69, 9.17) is 14.2 Å². The fourth-order valence-electron chi connectivity index (χ4n) is 2.79. The van der Waals surface area contributed by atoms with Crippen molar-refractivity contribution in [3.05, 3.63) is 72.4 Å². The molecule has 1 amide bonds. The van der Waals surface area contributed by atoms with Crippen molar-refractivity contribution in [2.45, 2.75) is 51.9 Å². The predicted molar refractivity (Wildman–Crippen MR) is 124 cm³/mol. The number of alkyl carbamates (subject to hydrolysis) is 1. The first kappa shape index (κ1) is 27.1. The minimum atomic E-state index is -1.01. The average molecular weight is 446 g/mol. The number of aliphatic carboxylic acids is 1. The Bertz CT molecular complexity index is 779. The summed E-state index contributed by atoms with van der Waals surface area (Å²) in [7, 11) is 0. The monoisotopic (exact) mass is 445 g/mol. The second kappa shape index (κ2) is 14.2. The van der Waals surface area contributed by atoms with Crippen LogP contribution in [0.5, 0.6) is 0 Å². The van der Waals surface area contributed by atoms with E-state index in [0.717, 1.165) is 11.1 Å². The minimum absolute atomic E-state index is 0.221. The second-order valence-corrected chi connectivity index (χ2v) is 8.01. The van der Waals surface area contributed by atoms with E-state index in [1.54, 1.807) is 52.0 Å². The van der Waals surface area contributed by atoms with Crippen LogP contribution in [-0.4, -0.2) is 48.7 Å². The molecule has 0 aliphatic heterocycles. The van der Waals surface area contributed by atoms with Gasteiger partial charge in [0, 0.05) is 13.0 Å². The number of carboxylic acid groups (broad SMARTS) is 1. The van der Waals surface area contributed by atoms with Gasteiger partial charge in [0.2, 0.25) is 0 Å². The summed E-state index contributed by atoms with van der Waals surface area (Å²) >= 11 is 0. The fraction of sp³-hybridized carbons (Fsp3) is 0.440. The lowest BCUT2D eigenvalue weighted by Crippen LogP contribution is -2.36. The molecule has 0 heterocycles. The molecule has 0 aromatic heterocycles. The molecule has 32 heavy (non-hydrogen) atoms. The minimum Gasteiger partial charge on any atom is -0.479 e. The maximum atomic E-state index is 12.2. The molecule has 1 rings (SSSR count). The third-order valence-corrected chi connectivity index (χ3v) is 4.12. The molecule has 1 aromatic rings. The van der Waals surface area contributed by atoms with E-state index in [1.807, 2.05) is 30.3 Å². The maximum Gasteiger partial charge on any atom is 0.408 e. The first-order valence-electron chi connectivity index (χ1n) is 10.6. The summed E-state index contributed by atoms with van der Waals surface area (Å²) in [5.74, 6) is -1.01. The first-order chi connectivity index (χ1) is 15.2. The van der Waals surface area contributed by atoms with Gasteiger partial charge in [0.15, 0.2) is 6.10 Å². The van der Waals surface area contributed by atoms with Gasteiger partial charge in [0.25, 0.3) is 0 Å². The van der Waals surface area contributed by atoms with Crippen LogP contribution >= 0.6 is 0 Å². The molecule has 0 bridgehead atoms. The van der Waals surface area contributed by atoms with Gasteiger partial charge in [-0.05, 0) is 38.8 Å². The number of nitrogens with one attached hydrogen (secondary N) is 1. The summed E-state index contributed by atoms with van der Waals surface area (Å²) < 4.78 is 16.4. The molecule has 1 aromatic carbocycles. The number of amides is 1. The van der Waals surface area contributed by atoms with E-state index in [9.17, 15) is 14.7 Å². The van der Waals surface area contributed by atoms with Crippen LogP contribution in [0.2, 0.25) is 0 Å². The summed E-state index contributed by atoms with van der Waals surface area (Å²) in [6.45, 7) is 11.7. The van der Waals surface area contributed by atoms with Crippen molar-refractivity contribution >= 4 is 12.1 Å². The van der Waals surface area contributed by atoms with E-state index >= 15 is 0 Å². The van der Waals surface area contributed by atoms with Crippen molar-refractivity contribution < 1.29 is 28.9 Å². The highest BCUT2D eigenvalue weighted by Crippen LogP contribution is 2.16. The Hall–Kier alpha value is -2.90. The number of ether oxygens (including phenoxy) is 3. The molecule has 0 aliphatic rings. The third kappa shape index (κ3) is 11.5. The van der Waals surface area contributed by atoms with E-state index in [1.165, 1.54) is 0 Å². The lowest BCUT2D eigenvalue weighted by atomic mass is 10.1. The van der Waals surface area contributed by atoms with E-state index in [-0.39, 0.29) is 25.7 Å². The van der Waals surface area contributed by atoms with Gasteiger partial charge in [-0.2, -0.15) is 0 Å². The Kier molecular flexibility index (Phi) is 12.1. The summed E-state index contributed by atoms with van der Waals surface area (Å²) in [6, 6.07) is 9.12. The first-order valence-corrected chi connectivity index (χ1v) is 10.6. The maximum absolute atomic E-state index is 12.2. The number of benzene rings is 1. The Morgan fingerprint density at radius 2 is 1.91 bits per heavy atom. The normalized spacial score (nSPS) is 14.1. The van der Waals surface area contributed by atoms with Crippen LogP contribution in [0.25, 0.3) is 0 Å². The molecule has 7 nitrogen and oxygen atoms in total. The average Bonchev–Trinajstić information content (AvgIpc) is 2.71. The molecule has 2 atom stereocenters. The molecular weight excluding hydrogens is 410 g/mol. The lowest BCUT2D eigenvalue weighted by molar-refractivity contribution is -0.149. The molecule has 0 radical (unpaired) electrons. The zero-order chi connectivity index (χ0) is 24.0. The Morgan fingerprint density at radius 3 is 2.47 bits per heavy atom. The molecule has 2 unspecified atom stereocenters. The molecule has 0 saturated carbocycles. The Balaban J connectivity index is 2.70. The van der Waals surface area contributed by atoms with Crippen LogP contribution < -0.4 is 5.32 Å². The van der Waals surface area contributed by atoms with E-state index in [0.29, 0.717) is 6.61 Å². The molecule has 176 valence electrons. The van der Waals surface area contributed by atoms with Crippen LogP contribution in [0.3, 0.4) is 0 Å². The lowest BCUT2D eigenvalue weighted by Gasteiger charge is -2.24. The summed E-state index contributed by atoms with van der Waals surface area (Å²) in [5.41, 5.74) is 1.06. The number of carboxylic acids is 1. The highest BCUT2D eigenvalue weighted by atomic mass is 16.6. The SMILES string of the molecule is C=CC=C(C=CCOCC(NC(=O)OC(C)(C)C)c1ccccc1)CC(OCC)C(=O)O. The van der Waals surface area contributed by atoms with Gasteiger partial charge in [-0.25, -0.2) is 9.59 Å². The van der Waals surface area contributed by atoms with Gasteiger partial charge in [-0.1, -0.05) is 61.2 Å². The van der Waals surface area contributed by atoms with Crippen molar-refractivity contribution in [2.24, 2.45) is 0 Å². The largest absolute Gasteiger partial charge is 0.479 e. The van der Waals surface area contributed by atoms with Gasteiger partial charge in [-0.15, -0.1) is 0 Å². The molecular formula is C25H35NO6. The van der Waals surface area contributed by atoms with Gasteiger partial charge in [-0.3, -0.25) is 0 Å². The fourth-order valence-corrected chi connectivity index (χ4v) is 2.79. The Labute approximate surface area is 190 Å². The highest BCUT2D eigenvalue weighted by molar-refractivity contribution is 5.73. The van der Waals surface area contributed by atoms with Crippen molar-refractivity contribution in [1.29, 1.82) is 0 Å². The molecule has 0 saturated heterocycles. The number of hydrogen-bond donors (Lipinski definition) is 2. The molecule has 2 N–H and O–H groups in total. The topological polar surface area (TPSA) is 94.1 Å². The molecule has 7 heteroatoms. The standard InChI is InChI=1S/C25H35NO6/c1-6-12-19(17-22(23(27)28)31-7-2)13-11-16-30-18-21(20-14-9-8-10-15-20)26-24(29)32-25(3,4)5/h6,8-15,21-22H,1,7,16-18H2,2-5H3,(H,26,29)(H,27,28). The number of carbonyl (C=O) groups is 2. The van der Waals surface area contributed by atoms with Crippen molar-refractivity contribution in [3.63, 3.8) is 0 Å². The Morgan fingerprint density at radius 1 is 1.22 bits per heavy atom. The number of carbonyl (C=O) groups excluding carboxylic acids is 1. The van der Waals surface area contributed by atoms with Gasteiger partial charge in [0.05, 0.1) is 19.3 Å². The number of rotatable bonds is 13. The van der Waals surface area contributed by atoms with Gasteiger partial charge in [0.1, 0.15) is 5.60 Å². The zero-order valence-corrected chi connectivity index (χ0v) is 19.4. The molecule has 0 spiro atoms. The smallest absolute Gasteiger partial charge is 0.408 e. The van der Waals surface area contributed by atoms with Crippen LogP contribution in [0.4, 0.5) is 4.79 Å². The van der Waals surface area contributed by atoms with Crippen LogP contribution in [-0.2, 0) is 19.0 Å². The van der Waals surface area contributed by atoms with Crippen molar-refractivity contribution in [1.82, 2.24) is 5.32 Å². The summed E-state index contributed by atoms with van der Waals surface area (Å²) in [4.78, 5) is 23.5. The summed E-state index contributed by atoms with van der Waals surface area (Å²) in [6.07, 6.45) is 5.70. The third-order valence-electron chi connectivity index (χ3n) is 4.12. The van der Waals surface area contributed by atoms with Crippen LogP contribution in [0.15, 0.2) is 66.8 Å². The van der Waals surface area contributed by atoms with Crippen LogP contribution in [0.1, 0.15) is 45.7 Å². The van der Waals surface area contributed by atoms with Crippen molar-refractivity contribution in [2.75, 3.05) is 19.8 Å². The van der Waals surface area contributed by atoms with E-state index in [2.05, 4.69) is 11.9 Å². The second-order valence-electron chi connectivity index (χ2n) is 8.01. The highest BCUT2D eigenvalue weighted by Gasteiger charge is 2.21. The van der Waals surface area contributed by atoms with Crippen molar-refractivity contribution in [3.8, 4) is 0 Å². The number of allylic oxidation sites excluding steroid dienone is 3. The summed E-state index contributed by atoms with van der Waals surface area (Å²) in [5, 5.41) is 12.1. The predicted octanol–water partition coefficient (Wildman–Crippen LogP) is 4.82. The van der Waals surface area contributed by atoms with Crippen LogP contribution in [0, 0.1) is 0 Å². The van der Waals surface area contributed by atoms with E-state index < -0.39 is 23.8 Å². The quantitative estimate of drug-likeness (QED) is 0.334. The zero-order valence-electron chi connectivity index (χ0n) is 19.4. The molecule has 0 aliphatic carbocycles. The van der Waals surface area contributed by atoms with Gasteiger partial charge < -0.3 is 24.6 Å².